The molecule has 0 atom stereocenters. The van der Waals surface area contributed by atoms with E-state index in [2.05, 4.69) is 10.2 Å². The number of aromatic amines is 1. The lowest BCUT2D eigenvalue weighted by atomic mass is 10.0. The van der Waals surface area contributed by atoms with Crippen LogP contribution in [0.2, 0.25) is 5.02 Å². The molecule has 0 aliphatic heterocycles. The molecule has 0 aliphatic carbocycles. The summed E-state index contributed by atoms with van der Waals surface area (Å²) in [4.78, 5) is 0. The third-order valence-corrected chi connectivity index (χ3v) is 2.98. The Kier molecular flexibility index (Phi) is 2.59. The number of nitrogens with two attached hydrogens (primary N) is 1. The van der Waals surface area contributed by atoms with Crippen molar-refractivity contribution in [3.05, 3.63) is 34.1 Å². The molecule has 0 bridgehead atoms. The molecule has 3 N–H and O–H groups in total. The molecular formula is C11H11ClFN3. The molecule has 0 radical (unpaired) electrons. The molecule has 0 fully saturated rings. The van der Waals surface area contributed by atoms with Crippen LogP contribution in [0.3, 0.4) is 0 Å². The Morgan fingerprint density at radius 3 is 2.62 bits per heavy atom. The fraction of sp³-hybridized carbons (Fsp3) is 0.182. The Morgan fingerprint density at radius 1 is 1.38 bits per heavy atom. The smallest absolute Gasteiger partial charge is 0.145 e. The first-order valence-electron chi connectivity index (χ1n) is 4.77. The number of nitrogens with one attached hydrogen (secondary N) is 1. The summed E-state index contributed by atoms with van der Waals surface area (Å²) in [6, 6.07) is 3.05. The van der Waals surface area contributed by atoms with Crippen LogP contribution in [0.1, 0.15) is 11.1 Å². The fourth-order valence-corrected chi connectivity index (χ4v) is 1.93. The number of H-pyrrole nitrogens is 1. The number of benzene rings is 1. The second-order valence-electron chi connectivity index (χ2n) is 3.70. The molecule has 0 spiro atoms. The van der Waals surface area contributed by atoms with E-state index < -0.39 is 5.82 Å². The minimum Gasteiger partial charge on any atom is -0.382 e. The highest BCUT2D eigenvalue weighted by Crippen LogP contribution is 2.34. The summed E-state index contributed by atoms with van der Waals surface area (Å²) in [5, 5.41) is 6.63. The topological polar surface area (TPSA) is 54.7 Å². The second-order valence-corrected chi connectivity index (χ2v) is 4.07. The van der Waals surface area contributed by atoms with Gasteiger partial charge in [-0.2, -0.15) is 5.10 Å². The van der Waals surface area contributed by atoms with E-state index in [4.69, 9.17) is 17.3 Å². The van der Waals surface area contributed by atoms with Crippen molar-refractivity contribution in [3.63, 3.8) is 0 Å². The van der Waals surface area contributed by atoms with Crippen molar-refractivity contribution in [2.24, 2.45) is 0 Å². The van der Waals surface area contributed by atoms with Crippen LogP contribution in [0.5, 0.6) is 0 Å². The molecule has 84 valence electrons. The molecule has 0 unspecified atom stereocenters. The standard InChI is InChI=1S/C11H11ClFN3/c1-5-3-7(13)11(12)10(6(5)2)8-4-9(14)16-15-8/h3-4H,1-2H3,(H3,14,15,16). The number of anilines is 1. The van der Waals surface area contributed by atoms with Crippen LogP contribution in [0.15, 0.2) is 12.1 Å². The van der Waals surface area contributed by atoms with Crippen LogP contribution in [0.25, 0.3) is 11.3 Å². The van der Waals surface area contributed by atoms with E-state index in [1.807, 2.05) is 13.8 Å². The summed E-state index contributed by atoms with van der Waals surface area (Å²) in [6.07, 6.45) is 0. The van der Waals surface area contributed by atoms with Gasteiger partial charge in [-0.05, 0) is 31.0 Å². The number of aryl methyl sites for hydroxylation is 1. The molecule has 5 heteroatoms. The van der Waals surface area contributed by atoms with Crippen LogP contribution in [-0.4, -0.2) is 10.2 Å². The average molecular weight is 240 g/mol. The molecule has 0 saturated heterocycles. The van der Waals surface area contributed by atoms with Crippen LogP contribution in [0.4, 0.5) is 10.2 Å². The third-order valence-electron chi connectivity index (χ3n) is 2.61. The van der Waals surface area contributed by atoms with Crippen molar-refractivity contribution in [2.45, 2.75) is 13.8 Å². The Bertz CT molecular complexity index is 522. The number of halogens is 2. The highest BCUT2D eigenvalue weighted by molar-refractivity contribution is 6.33. The molecule has 0 amide bonds. The fourth-order valence-electron chi connectivity index (χ4n) is 1.63. The molecular weight excluding hydrogens is 229 g/mol. The molecule has 16 heavy (non-hydrogen) atoms. The predicted molar refractivity (Wildman–Crippen MR) is 62.9 cm³/mol. The van der Waals surface area contributed by atoms with Gasteiger partial charge in [0.2, 0.25) is 0 Å². The van der Waals surface area contributed by atoms with Crippen molar-refractivity contribution in [2.75, 3.05) is 5.73 Å². The molecule has 2 rings (SSSR count). The van der Waals surface area contributed by atoms with Gasteiger partial charge in [-0.15, -0.1) is 0 Å². The van der Waals surface area contributed by atoms with Gasteiger partial charge in [0, 0.05) is 11.6 Å². The number of hydrogen-bond donors (Lipinski definition) is 2. The van der Waals surface area contributed by atoms with E-state index >= 15 is 0 Å². The normalized spacial score (nSPS) is 10.8. The van der Waals surface area contributed by atoms with Crippen LogP contribution in [0, 0.1) is 19.7 Å². The van der Waals surface area contributed by atoms with Gasteiger partial charge in [-0.3, -0.25) is 5.10 Å². The molecule has 1 heterocycles. The Morgan fingerprint density at radius 2 is 2.06 bits per heavy atom. The van der Waals surface area contributed by atoms with Crippen molar-refractivity contribution in [1.82, 2.24) is 10.2 Å². The summed E-state index contributed by atoms with van der Waals surface area (Å²) in [7, 11) is 0. The summed E-state index contributed by atoms with van der Waals surface area (Å²) in [5.74, 6) is -0.0830. The maximum atomic E-state index is 13.5. The van der Waals surface area contributed by atoms with E-state index in [0.717, 1.165) is 11.1 Å². The zero-order valence-corrected chi connectivity index (χ0v) is 9.69. The van der Waals surface area contributed by atoms with E-state index in [0.29, 0.717) is 17.1 Å². The van der Waals surface area contributed by atoms with Gasteiger partial charge in [0.1, 0.15) is 11.6 Å². The molecule has 0 saturated carbocycles. The lowest BCUT2D eigenvalue weighted by Crippen LogP contribution is -1.93. The maximum Gasteiger partial charge on any atom is 0.145 e. The third kappa shape index (κ3) is 1.65. The van der Waals surface area contributed by atoms with Crippen molar-refractivity contribution >= 4 is 17.4 Å². The van der Waals surface area contributed by atoms with E-state index in [1.54, 1.807) is 6.07 Å². The summed E-state index contributed by atoms with van der Waals surface area (Å²) in [6.45, 7) is 3.71. The number of aromatic nitrogens is 2. The lowest BCUT2D eigenvalue weighted by Gasteiger charge is -2.10. The van der Waals surface area contributed by atoms with Crippen LogP contribution in [-0.2, 0) is 0 Å². The van der Waals surface area contributed by atoms with Gasteiger partial charge >= 0.3 is 0 Å². The molecule has 3 nitrogen and oxygen atoms in total. The zero-order chi connectivity index (χ0) is 11.9. The first-order valence-corrected chi connectivity index (χ1v) is 5.15. The monoisotopic (exact) mass is 239 g/mol. The maximum absolute atomic E-state index is 13.5. The van der Waals surface area contributed by atoms with E-state index in [-0.39, 0.29) is 5.02 Å². The zero-order valence-electron chi connectivity index (χ0n) is 8.94. The number of nitrogens with zero attached hydrogens (tertiary/aromatic N) is 1. The molecule has 0 aliphatic rings. The number of hydrogen-bond acceptors (Lipinski definition) is 2. The number of rotatable bonds is 1. The molecule has 2 aromatic rings. The first kappa shape index (κ1) is 11.0. The quantitative estimate of drug-likeness (QED) is 0.804. The minimum atomic E-state index is -0.437. The lowest BCUT2D eigenvalue weighted by molar-refractivity contribution is 0.627. The molecule has 1 aromatic heterocycles. The molecule has 1 aromatic carbocycles. The highest BCUT2D eigenvalue weighted by atomic mass is 35.5. The SMILES string of the molecule is Cc1cc(F)c(Cl)c(-c2cc(N)n[nH]2)c1C. The highest BCUT2D eigenvalue weighted by Gasteiger charge is 2.15. The second kappa shape index (κ2) is 3.79. The van der Waals surface area contributed by atoms with Gasteiger partial charge in [0.15, 0.2) is 0 Å². The van der Waals surface area contributed by atoms with Crippen molar-refractivity contribution in [1.29, 1.82) is 0 Å². The number of nitrogen functional groups attached to an aromatic ring is 1. The Labute approximate surface area is 97.4 Å². The minimum absolute atomic E-state index is 0.0896. The summed E-state index contributed by atoms with van der Waals surface area (Å²) < 4.78 is 13.5. The van der Waals surface area contributed by atoms with Crippen LogP contribution >= 0.6 is 11.6 Å². The van der Waals surface area contributed by atoms with Gasteiger partial charge in [-0.1, -0.05) is 11.6 Å². The van der Waals surface area contributed by atoms with Gasteiger partial charge in [0.25, 0.3) is 0 Å². The van der Waals surface area contributed by atoms with Gasteiger partial charge < -0.3 is 5.73 Å². The van der Waals surface area contributed by atoms with Gasteiger partial charge in [0.05, 0.1) is 10.7 Å². The predicted octanol–water partition coefficient (Wildman–Crippen LogP) is 3.07. The summed E-state index contributed by atoms with van der Waals surface area (Å²) >= 11 is 5.95. The van der Waals surface area contributed by atoms with E-state index in [1.165, 1.54) is 6.07 Å². The van der Waals surface area contributed by atoms with Gasteiger partial charge in [-0.25, -0.2) is 4.39 Å². The van der Waals surface area contributed by atoms with Crippen molar-refractivity contribution in [3.8, 4) is 11.3 Å². The Hall–Kier alpha value is -1.55. The summed E-state index contributed by atoms with van der Waals surface area (Å²) in [5.41, 5.74) is 8.50. The van der Waals surface area contributed by atoms with E-state index in [9.17, 15) is 4.39 Å². The largest absolute Gasteiger partial charge is 0.382 e. The Balaban J connectivity index is 2.73. The van der Waals surface area contributed by atoms with Crippen molar-refractivity contribution < 1.29 is 4.39 Å². The average Bonchev–Trinajstić information content (AvgIpc) is 2.62. The van der Waals surface area contributed by atoms with Crippen LogP contribution < -0.4 is 5.73 Å². The first-order chi connectivity index (χ1) is 7.50.